The normalized spacial score (nSPS) is 21.3. The number of carbonyl (C=O) groups excluding carboxylic acids is 6. The molecule has 2 aliphatic rings. The molecule has 1 saturated heterocycles. The van der Waals surface area contributed by atoms with E-state index in [9.17, 15) is 38.7 Å². The first kappa shape index (κ1) is 37.3. The quantitative estimate of drug-likeness (QED) is 0.200. The SMILES string of the molecule is CC(=O)OCC1O[C@@H](CC(=O)NC[C@@H](NC(=O)OCC2c3ccccc3-c3ccccc32)C(=O)O)C(OC(C)=O)[C@@H](OC(C)=O)[C@H]1OC(C)=O. The van der Waals surface area contributed by atoms with Gasteiger partial charge in [0.1, 0.15) is 31.5 Å². The van der Waals surface area contributed by atoms with Gasteiger partial charge in [0.25, 0.3) is 0 Å². The third kappa shape index (κ3) is 9.56. The number of carboxylic acids is 1. The lowest BCUT2D eigenvalue weighted by Crippen LogP contribution is -2.63. The van der Waals surface area contributed by atoms with E-state index in [1.165, 1.54) is 0 Å². The van der Waals surface area contributed by atoms with Crippen molar-refractivity contribution in [1.29, 1.82) is 0 Å². The number of benzene rings is 2. The summed E-state index contributed by atoms with van der Waals surface area (Å²) in [6.45, 7) is 3.18. The van der Waals surface area contributed by atoms with Crippen molar-refractivity contribution in [2.24, 2.45) is 0 Å². The van der Waals surface area contributed by atoms with Crippen LogP contribution >= 0.6 is 0 Å². The van der Waals surface area contributed by atoms with E-state index >= 15 is 0 Å². The molecular formula is C34H38N2O14. The summed E-state index contributed by atoms with van der Waals surface area (Å²) in [6.07, 6.45) is -8.59. The summed E-state index contributed by atoms with van der Waals surface area (Å²) in [5.74, 6) is -5.76. The Morgan fingerprint density at radius 1 is 0.700 bits per heavy atom. The second kappa shape index (κ2) is 16.7. The number of amides is 2. The summed E-state index contributed by atoms with van der Waals surface area (Å²) in [7, 11) is 0. The van der Waals surface area contributed by atoms with Crippen LogP contribution in [0.3, 0.4) is 0 Å². The van der Waals surface area contributed by atoms with E-state index in [4.69, 9.17) is 28.4 Å². The van der Waals surface area contributed by atoms with Crippen LogP contribution in [0.2, 0.25) is 0 Å². The van der Waals surface area contributed by atoms with Gasteiger partial charge in [-0.1, -0.05) is 48.5 Å². The van der Waals surface area contributed by atoms with Crippen LogP contribution in [0.5, 0.6) is 0 Å². The molecule has 268 valence electrons. The molecule has 16 heteroatoms. The molecule has 3 N–H and O–H groups in total. The van der Waals surface area contributed by atoms with Crippen molar-refractivity contribution >= 4 is 41.8 Å². The Kier molecular flexibility index (Phi) is 12.5. The molecule has 50 heavy (non-hydrogen) atoms. The van der Waals surface area contributed by atoms with Gasteiger partial charge in [0.2, 0.25) is 5.91 Å². The Morgan fingerprint density at radius 2 is 1.22 bits per heavy atom. The highest BCUT2D eigenvalue weighted by atomic mass is 16.7. The summed E-state index contributed by atoms with van der Waals surface area (Å²) in [5.41, 5.74) is 3.95. The highest BCUT2D eigenvalue weighted by molar-refractivity contribution is 5.83. The fourth-order valence-corrected chi connectivity index (χ4v) is 5.94. The number of hydrogen-bond donors (Lipinski definition) is 3. The van der Waals surface area contributed by atoms with E-state index < -0.39 is 98.0 Å². The Labute approximate surface area is 286 Å². The molecule has 1 aliphatic carbocycles. The van der Waals surface area contributed by atoms with Crippen LogP contribution in [0.4, 0.5) is 4.79 Å². The fraction of sp³-hybridized carbons (Fsp3) is 0.441. The van der Waals surface area contributed by atoms with Crippen LogP contribution in [0, 0.1) is 0 Å². The number of nitrogens with one attached hydrogen (secondary N) is 2. The lowest BCUT2D eigenvalue weighted by molar-refractivity contribution is -0.252. The molecule has 0 aromatic heterocycles. The number of carboxylic acid groups (broad SMARTS) is 1. The van der Waals surface area contributed by atoms with Gasteiger partial charge in [0.15, 0.2) is 18.3 Å². The van der Waals surface area contributed by atoms with Gasteiger partial charge >= 0.3 is 35.9 Å². The molecule has 0 saturated carbocycles. The highest BCUT2D eigenvalue weighted by Gasteiger charge is 2.52. The Morgan fingerprint density at radius 3 is 1.74 bits per heavy atom. The monoisotopic (exact) mass is 698 g/mol. The largest absolute Gasteiger partial charge is 0.480 e. The average molecular weight is 699 g/mol. The van der Waals surface area contributed by atoms with Crippen LogP contribution in [0.25, 0.3) is 11.1 Å². The number of aliphatic carboxylic acids is 1. The Hall–Kier alpha value is -5.51. The molecule has 2 amide bonds. The zero-order chi connectivity index (χ0) is 36.5. The van der Waals surface area contributed by atoms with Gasteiger partial charge in [-0.3, -0.25) is 24.0 Å². The smallest absolute Gasteiger partial charge is 0.407 e. The molecule has 0 bridgehead atoms. The van der Waals surface area contributed by atoms with Gasteiger partial charge in [-0.15, -0.1) is 0 Å². The van der Waals surface area contributed by atoms with Gasteiger partial charge in [-0.05, 0) is 22.3 Å². The predicted molar refractivity (Wildman–Crippen MR) is 169 cm³/mol. The summed E-state index contributed by atoms with van der Waals surface area (Å²) in [6, 6.07) is 13.8. The van der Waals surface area contributed by atoms with Crippen molar-refractivity contribution in [3.05, 3.63) is 59.7 Å². The van der Waals surface area contributed by atoms with E-state index in [0.29, 0.717) is 0 Å². The number of rotatable bonds is 13. The van der Waals surface area contributed by atoms with Gasteiger partial charge in [0.05, 0.1) is 6.42 Å². The minimum absolute atomic E-state index is 0.0680. The molecule has 16 nitrogen and oxygen atoms in total. The summed E-state index contributed by atoms with van der Waals surface area (Å²) in [4.78, 5) is 85.4. The lowest BCUT2D eigenvalue weighted by Gasteiger charge is -2.44. The molecule has 4 rings (SSSR count). The van der Waals surface area contributed by atoms with Crippen molar-refractivity contribution in [3.8, 4) is 11.1 Å². The van der Waals surface area contributed by atoms with E-state index in [0.717, 1.165) is 49.9 Å². The third-order valence-corrected chi connectivity index (χ3v) is 7.91. The van der Waals surface area contributed by atoms with E-state index in [2.05, 4.69) is 10.6 Å². The molecular weight excluding hydrogens is 660 g/mol. The maximum Gasteiger partial charge on any atom is 0.407 e. The van der Waals surface area contributed by atoms with E-state index in [-0.39, 0.29) is 12.5 Å². The van der Waals surface area contributed by atoms with Crippen LogP contribution in [0.15, 0.2) is 48.5 Å². The molecule has 1 heterocycles. The molecule has 2 aromatic rings. The van der Waals surface area contributed by atoms with Crippen LogP contribution in [-0.4, -0.2) is 103 Å². The first-order chi connectivity index (χ1) is 23.7. The molecule has 0 radical (unpaired) electrons. The topological polar surface area (TPSA) is 219 Å². The van der Waals surface area contributed by atoms with Crippen molar-refractivity contribution in [1.82, 2.24) is 10.6 Å². The summed E-state index contributed by atoms with van der Waals surface area (Å²) < 4.78 is 32.4. The first-order valence-electron chi connectivity index (χ1n) is 15.7. The van der Waals surface area contributed by atoms with Crippen molar-refractivity contribution in [2.45, 2.75) is 76.6 Å². The van der Waals surface area contributed by atoms with Gasteiger partial charge in [0, 0.05) is 40.2 Å². The van der Waals surface area contributed by atoms with Crippen molar-refractivity contribution in [3.63, 3.8) is 0 Å². The minimum Gasteiger partial charge on any atom is -0.480 e. The maximum atomic E-state index is 13.1. The standard InChI is InChI=1S/C34H38N2O14/c1-17(37)45-16-28-31(48-19(3)39)32(49-20(4)40)30(47-18(2)38)27(50-28)13-29(41)35-14-26(33(42)43)36-34(44)46-15-25-23-11-7-5-9-21(23)22-10-6-8-12-24(22)25/h5-12,25-28,30-32H,13-16H2,1-4H3,(H,35,41)(H,36,44)(H,42,43)/t26-,27+,28?,30?,31+,32-/m1/s1. The number of hydrogen-bond acceptors (Lipinski definition) is 13. The summed E-state index contributed by atoms with van der Waals surface area (Å²) in [5, 5.41) is 14.4. The van der Waals surface area contributed by atoms with E-state index in [1.54, 1.807) is 0 Å². The van der Waals surface area contributed by atoms with Crippen LogP contribution in [0.1, 0.15) is 51.2 Å². The molecule has 2 aromatic carbocycles. The Bertz CT molecular complexity index is 1580. The van der Waals surface area contributed by atoms with Crippen molar-refractivity contribution in [2.75, 3.05) is 19.8 Å². The number of esters is 4. The first-order valence-corrected chi connectivity index (χ1v) is 15.7. The maximum absolute atomic E-state index is 13.1. The van der Waals surface area contributed by atoms with Crippen molar-refractivity contribution < 1.29 is 67.1 Å². The molecule has 0 spiro atoms. The van der Waals surface area contributed by atoms with Crippen LogP contribution < -0.4 is 10.6 Å². The molecule has 1 aliphatic heterocycles. The van der Waals surface area contributed by atoms with Gasteiger partial charge in [-0.25, -0.2) is 9.59 Å². The zero-order valence-electron chi connectivity index (χ0n) is 27.7. The second-order valence-electron chi connectivity index (χ2n) is 11.6. The number of carbonyl (C=O) groups is 7. The van der Waals surface area contributed by atoms with Gasteiger partial charge < -0.3 is 44.2 Å². The van der Waals surface area contributed by atoms with Gasteiger partial charge in [-0.2, -0.15) is 0 Å². The Balaban J connectivity index is 1.41. The fourth-order valence-electron chi connectivity index (χ4n) is 5.94. The lowest BCUT2D eigenvalue weighted by atomic mass is 9.92. The molecule has 1 fully saturated rings. The second-order valence-corrected chi connectivity index (χ2v) is 11.6. The third-order valence-electron chi connectivity index (χ3n) is 7.91. The predicted octanol–water partition coefficient (Wildman–Crippen LogP) is 1.61. The summed E-state index contributed by atoms with van der Waals surface area (Å²) >= 11 is 0. The minimum atomic E-state index is -1.61. The average Bonchev–Trinajstić information content (AvgIpc) is 3.36. The molecule has 6 atom stereocenters. The zero-order valence-corrected chi connectivity index (χ0v) is 27.7. The number of ether oxygens (including phenoxy) is 6. The number of fused-ring (bicyclic) bond motifs is 3. The molecule has 2 unspecified atom stereocenters. The van der Waals surface area contributed by atoms with E-state index in [1.807, 2.05) is 48.5 Å². The highest BCUT2D eigenvalue weighted by Crippen LogP contribution is 2.44. The number of alkyl carbamates (subject to hydrolysis) is 1. The van der Waals surface area contributed by atoms with Crippen LogP contribution in [-0.2, 0) is 57.2 Å².